The second-order valence-electron chi connectivity index (χ2n) is 6.23. The van der Waals surface area contributed by atoms with Crippen LogP contribution in [-0.2, 0) is 16.4 Å². The van der Waals surface area contributed by atoms with Crippen LogP contribution in [0.4, 0.5) is 4.39 Å². The summed E-state index contributed by atoms with van der Waals surface area (Å²) >= 11 is 0. The van der Waals surface area contributed by atoms with Gasteiger partial charge in [0.2, 0.25) is 10.0 Å². The summed E-state index contributed by atoms with van der Waals surface area (Å²) in [6.07, 6.45) is 1.86. The first-order chi connectivity index (χ1) is 11.3. The molecule has 8 heteroatoms. The monoisotopic (exact) mass is 357 g/mol. The summed E-state index contributed by atoms with van der Waals surface area (Å²) in [4.78, 5) is 12.1. The standard InChI is InChI=1S/C16H24FN3O3S/c1-20(2)24(22,23)8-7-19-16(21)14-10-12(3-4-15(14)17)9-13-5-6-18-11-13/h3-4,10,13,18H,5-9,11H2,1-2H3,(H,19,21). The third kappa shape index (κ3) is 4.99. The fourth-order valence-electron chi connectivity index (χ4n) is 2.67. The van der Waals surface area contributed by atoms with Crippen LogP contribution in [0, 0.1) is 11.7 Å². The van der Waals surface area contributed by atoms with Gasteiger partial charge in [-0.25, -0.2) is 17.1 Å². The zero-order valence-corrected chi connectivity index (χ0v) is 14.8. The molecule has 1 aromatic carbocycles. The number of sulfonamides is 1. The van der Waals surface area contributed by atoms with Crippen molar-refractivity contribution in [1.82, 2.24) is 14.9 Å². The summed E-state index contributed by atoms with van der Waals surface area (Å²) < 4.78 is 38.3. The number of halogens is 1. The fourth-order valence-corrected chi connectivity index (χ4v) is 3.39. The second kappa shape index (κ2) is 8.04. The minimum Gasteiger partial charge on any atom is -0.351 e. The Morgan fingerprint density at radius 3 is 2.79 bits per heavy atom. The zero-order chi connectivity index (χ0) is 17.7. The summed E-state index contributed by atoms with van der Waals surface area (Å²) in [5.74, 6) is -0.915. The normalized spacial score (nSPS) is 18.1. The molecule has 0 spiro atoms. The smallest absolute Gasteiger partial charge is 0.254 e. The molecule has 1 saturated heterocycles. The highest BCUT2D eigenvalue weighted by molar-refractivity contribution is 7.89. The quantitative estimate of drug-likeness (QED) is 0.749. The number of amides is 1. The van der Waals surface area contributed by atoms with Crippen molar-refractivity contribution in [3.8, 4) is 0 Å². The first-order valence-electron chi connectivity index (χ1n) is 7.97. The second-order valence-corrected chi connectivity index (χ2v) is 8.53. The largest absolute Gasteiger partial charge is 0.351 e. The van der Waals surface area contributed by atoms with Crippen molar-refractivity contribution < 1.29 is 17.6 Å². The van der Waals surface area contributed by atoms with Gasteiger partial charge in [-0.15, -0.1) is 0 Å². The lowest BCUT2D eigenvalue weighted by Crippen LogP contribution is -2.34. The number of nitrogens with zero attached hydrogens (tertiary/aromatic N) is 1. The Hall–Kier alpha value is -1.51. The molecule has 1 aliphatic heterocycles. The van der Waals surface area contributed by atoms with Gasteiger partial charge in [0, 0.05) is 20.6 Å². The molecule has 6 nitrogen and oxygen atoms in total. The van der Waals surface area contributed by atoms with Gasteiger partial charge >= 0.3 is 0 Å². The maximum Gasteiger partial charge on any atom is 0.254 e. The van der Waals surface area contributed by atoms with Gasteiger partial charge in [0.05, 0.1) is 11.3 Å². The first kappa shape index (κ1) is 18.8. The van der Waals surface area contributed by atoms with Crippen LogP contribution in [0.1, 0.15) is 22.3 Å². The zero-order valence-electron chi connectivity index (χ0n) is 14.0. The number of carbonyl (C=O) groups excluding carboxylic acids is 1. The highest BCUT2D eigenvalue weighted by Crippen LogP contribution is 2.18. The van der Waals surface area contributed by atoms with Crippen LogP contribution in [0.25, 0.3) is 0 Å². The summed E-state index contributed by atoms with van der Waals surface area (Å²) in [5.41, 5.74) is 0.872. The van der Waals surface area contributed by atoms with Crippen LogP contribution in [0.15, 0.2) is 18.2 Å². The van der Waals surface area contributed by atoms with Crippen molar-refractivity contribution >= 4 is 15.9 Å². The van der Waals surface area contributed by atoms with E-state index in [2.05, 4.69) is 10.6 Å². The molecule has 1 heterocycles. The molecule has 1 fully saturated rings. The average Bonchev–Trinajstić information content (AvgIpc) is 3.01. The SMILES string of the molecule is CN(C)S(=O)(=O)CCNC(=O)c1cc(CC2CCNC2)ccc1F. The Morgan fingerprint density at radius 2 is 2.17 bits per heavy atom. The van der Waals surface area contributed by atoms with Crippen molar-refractivity contribution in [2.24, 2.45) is 5.92 Å². The number of rotatable bonds is 7. The predicted molar refractivity (Wildman–Crippen MR) is 90.9 cm³/mol. The van der Waals surface area contributed by atoms with E-state index in [-0.39, 0.29) is 17.9 Å². The van der Waals surface area contributed by atoms with E-state index in [1.54, 1.807) is 12.1 Å². The van der Waals surface area contributed by atoms with E-state index in [0.717, 1.165) is 35.8 Å². The molecule has 134 valence electrons. The first-order valence-corrected chi connectivity index (χ1v) is 9.58. The lowest BCUT2D eigenvalue weighted by Gasteiger charge is -2.13. The van der Waals surface area contributed by atoms with Gasteiger partial charge in [0.25, 0.3) is 5.91 Å². The molecule has 0 saturated carbocycles. The van der Waals surface area contributed by atoms with Gasteiger partial charge in [-0.05, 0) is 49.5 Å². The molecule has 1 aromatic rings. The van der Waals surface area contributed by atoms with Gasteiger partial charge in [-0.3, -0.25) is 4.79 Å². The molecule has 0 aliphatic carbocycles. The van der Waals surface area contributed by atoms with Crippen LogP contribution in [-0.4, -0.2) is 58.1 Å². The molecule has 0 radical (unpaired) electrons. The molecule has 1 aliphatic rings. The summed E-state index contributed by atoms with van der Waals surface area (Å²) in [7, 11) is -0.535. The molecule has 1 atom stereocenters. The number of carbonyl (C=O) groups is 1. The average molecular weight is 357 g/mol. The molecule has 0 aromatic heterocycles. The van der Waals surface area contributed by atoms with Crippen molar-refractivity contribution in [1.29, 1.82) is 0 Å². The van der Waals surface area contributed by atoms with Gasteiger partial charge in [0.1, 0.15) is 5.82 Å². The molecule has 1 unspecified atom stereocenters. The van der Waals surface area contributed by atoms with Gasteiger partial charge in [-0.2, -0.15) is 0 Å². The van der Waals surface area contributed by atoms with Gasteiger partial charge in [-0.1, -0.05) is 6.07 Å². The van der Waals surface area contributed by atoms with E-state index in [4.69, 9.17) is 0 Å². The highest BCUT2D eigenvalue weighted by Gasteiger charge is 2.18. The van der Waals surface area contributed by atoms with E-state index in [0.29, 0.717) is 5.92 Å². The van der Waals surface area contributed by atoms with Crippen molar-refractivity contribution in [3.05, 3.63) is 35.1 Å². The number of hydrogen-bond donors (Lipinski definition) is 2. The highest BCUT2D eigenvalue weighted by atomic mass is 32.2. The van der Waals surface area contributed by atoms with Crippen LogP contribution < -0.4 is 10.6 Å². The lowest BCUT2D eigenvalue weighted by molar-refractivity contribution is 0.0952. The minimum absolute atomic E-state index is 0.0410. The lowest BCUT2D eigenvalue weighted by atomic mass is 9.97. The Balaban J connectivity index is 1.97. The molecule has 2 N–H and O–H groups in total. The van der Waals surface area contributed by atoms with Gasteiger partial charge < -0.3 is 10.6 Å². The predicted octanol–water partition coefficient (Wildman–Crippen LogP) is 0.599. The summed E-state index contributed by atoms with van der Waals surface area (Å²) in [5, 5.41) is 5.75. The molecular weight excluding hydrogens is 333 g/mol. The number of benzene rings is 1. The molecule has 0 bridgehead atoms. The Labute approximate surface area is 142 Å². The minimum atomic E-state index is -3.39. The van der Waals surface area contributed by atoms with Crippen molar-refractivity contribution in [3.63, 3.8) is 0 Å². The third-order valence-electron chi connectivity index (χ3n) is 4.16. The summed E-state index contributed by atoms with van der Waals surface area (Å²) in [6, 6.07) is 4.55. The fraction of sp³-hybridized carbons (Fsp3) is 0.562. The van der Waals surface area contributed by atoms with Gasteiger partial charge in [0.15, 0.2) is 0 Å². The summed E-state index contributed by atoms with van der Waals surface area (Å²) in [6.45, 7) is 1.86. The Kier molecular flexibility index (Phi) is 6.31. The van der Waals surface area contributed by atoms with Crippen LogP contribution in [0.3, 0.4) is 0 Å². The topological polar surface area (TPSA) is 78.5 Å². The van der Waals surface area contributed by atoms with Crippen LogP contribution >= 0.6 is 0 Å². The Bertz CT molecular complexity index is 686. The maximum atomic E-state index is 13.9. The van der Waals surface area contributed by atoms with E-state index in [1.807, 2.05) is 0 Å². The maximum absolute atomic E-state index is 13.9. The molecule has 24 heavy (non-hydrogen) atoms. The van der Waals surface area contributed by atoms with Crippen LogP contribution in [0.5, 0.6) is 0 Å². The third-order valence-corrected chi connectivity index (χ3v) is 6.00. The Morgan fingerprint density at radius 1 is 1.42 bits per heavy atom. The number of hydrogen-bond acceptors (Lipinski definition) is 4. The molecule has 2 rings (SSSR count). The van der Waals surface area contributed by atoms with E-state index < -0.39 is 21.7 Å². The molecule has 1 amide bonds. The number of nitrogens with one attached hydrogen (secondary N) is 2. The van der Waals surface area contributed by atoms with E-state index in [1.165, 1.54) is 20.2 Å². The van der Waals surface area contributed by atoms with E-state index >= 15 is 0 Å². The van der Waals surface area contributed by atoms with Crippen molar-refractivity contribution in [2.75, 3.05) is 39.5 Å². The van der Waals surface area contributed by atoms with Crippen LogP contribution in [0.2, 0.25) is 0 Å². The van der Waals surface area contributed by atoms with Crippen molar-refractivity contribution in [2.45, 2.75) is 12.8 Å². The molecular formula is C16H24FN3O3S. The van der Waals surface area contributed by atoms with E-state index in [9.17, 15) is 17.6 Å².